The highest BCUT2D eigenvalue weighted by Gasteiger charge is 2.21. The lowest BCUT2D eigenvalue weighted by molar-refractivity contribution is -0.693. The van der Waals surface area contributed by atoms with Crippen molar-refractivity contribution in [1.29, 1.82) is 0 Å². The second-order valence-electron chi connectivity index (χ2n) is 7.08. The minimum Gasteiger partial charge on any atom is -0.271 e. The highest BCUT2D eigenvalue weighted by atomic mass is 79.9. The van der Waals surface area contributed by atoms with Crippen molar-refractivity contribution in [3.8, 4) is 0 Å². The Morgan fingerprint density at radius 2 is 1.41 bits per heavy atom. The lowest BCUT2D eigenvalue weighted by Gasteiger charge is -2.09. The molecule has 0 saturated heterocycles. The number of hydrogen-bond acceptors (Lipinski definition) is 8. The molecule has 0 saturated carbocycles. The first-order valence-corrected chi connectivity index (χ1v) is 9.63. The Balaban J connectivity index is 0.00000408. The molecule has 2 aromatic carbocycles. The van der Waals surface area contributed by atoms with E-state index in [1.807, 2.05) is 36.6 Å². The lowest BCUT2D eigenvalue weighted by atomic mass is 10.1. The van der Waals surface area contributed by atoms with Gasteiger partial charge in [-0.05, 0) is 24.3 Å². The van der Waals surface area contributed by atoms with Crippen LogP contribution in [0.25, 0.3) is 0 Å². The van der Waals surface area contributed by atoms with E-state index < -0.39 is 26.1 Å². The van der Waals surface area contributed by atoms with Crippen molar-refractivity contribution < 1.29 is 19.3 Å². The van der Waals surface area contributed by atoms with Crippen molar-refractivity contribution in [3.05, 3.63) is 108 Å². The molecule has 0 amide bonds. The molecule has 3 aromatic rings. The largest absolute Gasteiger partial charge is 0.301 e. The third-order valence-corrected chi connectivity index (χ3v) is 4.95. The highest BCUT2D eigenvalue weighted by molar-refractivity contribution is 8.93. The van der Waals surface area contributed by atoms with Gasteiger partial charge in [0.25, 0.3) is 11.4 Å². The van der Waals surface area contributed by atoms with Gasteiger partial charge in [0.1, 0.15) is 11.4 Å². The third-order valence-electron chi connectivity index (χ3n) is 4.95. The Hall–Kier alpha value is -4.26. The van der Waals surface area contributed by atoms with E-state index in [1.54, 1.807) is 0 Å². The van der Waals surface area contributed by atoms with E-state index in [4.69, 9.17) is 0 Å². The van der Waals surface area contributed by atoms with E-state index in [0.717, 1.165) is 23.5 Å². The van der Waals surface area contributed by atoms with Crippen molar-refractivity contribution in [2.24, 2.45) is 5.10 Å². The zero-order chi connectivity index (χ0) is 24.1. The van der Waals surface area contributed by atoms with Gasteiger partial charge in [-0.3, -0.25) is 35.8 Å². The maximum Gasteiger partial charge on any atom is 0.301 e. The fraction of sp³-hybridized carbons (Fsp3) is 0.143. The molecule has 0 aliphatic rings. The molecule has 0 aliphatic heterocycles. The summed E-state index contributed by atoms with van der Waals surface area (Å²) < 4.78 is 1.96. The van der Waals surface area contributed by atoms with Gasteiger partial charge in [-0.25, -0.2) is 0 Å². The van der Waals surface area contributed by atoms with Crippen LogP contribution in [0.5, 0.6) is 0 Å². The molecular weight excluding hydrogens is 512 g/mol. The molecule has 0 spiro atoms. The highest BCUT2D eigenvalue weighted by Crippen LogP contribution is 2.29. The van der Waals surface area contributed by atoms with Gasteiger partial charge in [0.05, 0.1) is 20.8 Å². The molecule has 0 aliphatic carbocycles. The van der Waals surface area contributed by atoms with Gasteiger partial charge in [0.15, 0.2) is 17.9 Å². The van der Waals surface area contributed by atoms with Crippen LogP contribution in [-0.2, 0) is 6.54 Å². The summed E-state index contributed by atoms with van der Waals surface area (Å²) in [6, 6.07) is 14.7. The summed E-state index contributed by atoms with van der Waals surface area (Å²) in [6.45, 7) is 4.09. The molecule has 12 nitrogen and oxygen atoms in total. The van der Waals surface area contributed by atoms with Gasteiger partial charge in [-0.15, -0.1) is 17.0 Å². The Labute approximate surface area is 203 Å². The summed E-state index contributed by atoms with van der Waals surface area (Å²) in [4.78, 5) is 31.4. The number of halogens is 1. The zero-order valence-corrected chi connectivity index (χ0v) is 19.8. The minimum atomic E-state index is -0.739. The summed E-state index contributed by atoms with van der Waals surface area (Å²) in [5.74, 6) is 0. The van der Waals surface area contributed by atoms with Gasteiger partial charge in [0, 0.05) is 49.7 Å². The van der Waals surface area contributed by atoms with Gasteiger partial charge in [0.2, 0.25) is 0 Å². The molecule has 1 heterocycles. The fourth-order valence-corrected chi connectivity index (χ4v) is 3.16. The van der Waals surface area contributed by atoms with Crippen LogP contribution in [0.1, 0.15) is 17.0 Å². The first-order chi connectivity index (χ1) is 15.7. The second kappa shape index (κ2) is 11.0. The molecule has 0 fully saturated rings. The van der Waals surface area contributed by atoms with E-state index in [2.05, 4.69) is 10.5 Å². The maximum absolute atomic E-state index is 11.4. The number of pyridine rings is 1. The Kier molecular flexibility index (Phi) is 8.45. The number of hydrogen-bond donors (Lipinski definition) is 1. The molecular formula is C21H20BrN6O6+. The van der Waals surface area contributed by atoms with Gasteiger partial charge in [-0.1, -0.05) is 0 Å². The van der Waals surface area contributed by atoms with Crippen LogP contribution in [0.3, 0.4) is 0 Å². The summed E-state index contributed by atoms with van der Waals surface area (Å²) >= 11 is 0. The third kappa shape index (κ3) is 5.95. The van der Waals surface area contributed by atoms with Crippen molar-refractivity contribution in [1.82, 2.24) is 0 Å². The zero-order valence-electron chi connectivity index (χ0n) is 18.1. The topological polar surface area (TPSA) is 158 Å². The quantitative estimate of drug-likeness (QED) is 0.195. The molecule has 3 rings (SSSR count). The minimum absolute atomic E-state index is 0. The van der Waals surface area contributed by atoms with E-state index >= 15 is 0 Å². The average Bonchev–Trinajstić information content (AvgIpc) is 2.78. The number of nitrogens with one attached hydrogen (secondary N) is 1. The molecule has 0 unspecified atom stereocenters. The number of aromatic nitrogens is 1. The predicted molar refractivity (Wildman–Crippen MR) is 129 cm³/mol. The lowest BCUT2D eigenvalue weighted by Crippen LogP contribution is -2.44. The van der Waals surface area contributed by atoms with Gasteiger partial charge >= 0.3 is 5.69 Å². The average molecular weight is 532 g/mol. The molecule has 1 N–H and O–H groups in total. The van der Waals surface area contributed by atoms with E-state index in [-0.39, 0.29) is 34.9 Å². The van der Waals surface area contributed by atoms with Crippen LogP contribution in [-0.4, -0.2) is 20.5 Å². The number of aryl methyl sites for hydroxylation is 2. The summed E-state index contributed by atoms with van der Waals surface area (Å²) in [6.07, 6.45) is 0. The van der Waals surface area contributed by atoms with Gasteiger partial charge in [-0.2, -0.15) is 9.67 Å². The van der Waals surface area contributed by atoms with E-state index in [9.17, 15) is 30.3 Å². The van der Waals surface area contributed by atoms with Crippen LogP contribution in [0.2, 0.25) is 0 Å². The number of non-ortho nitro benzene ring substituents is 2. The Bertz CT molecular complexity index is 1260. The first-order valence-electron chi connectivity index (χ1n) is 9.63. The number of nitro benzene ring substituents is 3. The number of benzene rings is 2. The number of rotatable bonds is 8. The number of nitro groups is 3. The molecule has 13 heteroatoms. The normalized spacial score (nSPS) is 10.8. The Morgan fingerprint density at radius 1 is 0.853 bits per heavy atom. The monoisotopic (exact) mass is 531 g/mol. The van der Waals surface area contributed by atoms with Crippen molar-refractivity contribution in [2.75, 3.05) is 5.43 Å². The van der Waals surface area contributed by atoms with Crippen molar-refractivity contribution in [2.45, 2.75) is 20.4 Å². The van der Waals surface area contributed by atoms with Crippen molar-refractivity contribution >= 4 is 45.4 Å². The Morgan fingerprint density at radius 3 is 1.94 bits per heavy atom. The van der Waals surface area contributed by atoms with Crippen molar-refractivity contribution in [3.63, 3.8) is 0 Å². The molecule has 0 radical (unpaired) electrons. The van der Waals surface area contributed by atoms with Crippen LogP contribution < -0.4 is 9.99 Å². The number of nitrogens with zero attached hydrogens (tertiary/aromatic N) is 5. The molecule has 34 heavy (non-hydrogen) atoms. The van der Waals surface area contributed by atoms with Crippen LogP contribution in [0.4, 0.5) is 22.7 Å². The predicted octanol–water partition coefficient (Wildman–Crippen LogP) is 4.41. The van der Waals surface area contributed by atoms with E-state index in [1.165, 1.54) is 30.3 Å². The van der Waals surface area contributed by atoms with Crippen LogP contribution in [0.15, 0.2) is 65.8 Å². The molecule has 0 atom stereocenters. The summed E-state index contributed by atoms with van der Waals surface area (Å²) in [7, 11) is 0. The standard InChI is InChI=1S/C21H19N6O6.BrH/c1-14-4-3-5-15(2)24(14)13-20(16-6-8-17(9-7-16)25(28)29)23-22-19-11-10-18(26(30)31)12-21(19)27(32)33;/h3-12,22H,13H2,1-2H3;1H/q+1;/b23-20+;. The second-order valence-corrected chi connectivity index (χ2v) is 7.08. The summed E-state index contributed by atoms with van der Waals surface area (Å²) in [5, 5.41) is 37.7. The molecule has 1 aromatic heterocycles. The fourth-order valence-electron chi connectivity index (χ4n) is 3.16. The maximum atomic E-state index is 11.4. The number of anilines is 1. The summed E-state index contributed by atoms with van der Waals surface area (Å²) in [5.41, 5.74) is 4.47. The SMILES string of the molecule is Br.Cc1cccc(C)[n+]1C/C(=N\Nc1ccc([N+](=O)[O-])cc1[N+](=O)[O-])c1ccc([N+](=O)[O-])cc1. The van der Waals surface area contributed by atoms with Crippen LogP contribution in [0, 0.1) is 44.2 Å². The van der Waals surface area contributed by atoms with Gasteiger partial charge < -0.3 is 0 Å². The van der Waals surface area contributed by atoms with E-state index in [0.29, 0.717) is 11.3 Å². The van der Waals surface area contributed by atoms with Crippen LogP contribution >= 0.6 is 17.0 Å². The first kappa shape index (κ1) is 26.0. The molecule has 0 bridgehead atoms. The number of hydrazone groups is 1. The molecule has 176 valence electrons. The smallest absolute Gasteiger partial charge is 0.271 e.